The van der Waals surface area contributed by atoms with Crippen LogP contribution in [0.1, 0.15) is 47.9 Å². The summed E-state index contributed by atoms with van der Waals surface area (Å²) in [5.74, 6) is -0.243. The summed E-state index contributed by atoms with van der Waals surface area (Å²) in [5.41, 5.74) is 1.22. The Labute approximate surface area is 165 Å². The number of benzene rings is 1. The Balaban J connectivity index is 0.00000261. The predicted octanol–water partition coefficient (Wildman–Crippen LogP) is 2.12. The van der Waals surface area contributed by atoms with E-state index in [-0.39, 0.29) is 35.3 Å². The molecular formula is C18H25ClN4O3S. The highest BCUT2D eigenvalue weighted by atomic mass is 35.5. The quantitative estimate of drug-likeness (QED) is 0.784. The molecule has 9 heteroatoms. The number of sulfone groups is 1. The molecule has 0 bridgehead atoms. The average molecular weight is 413 g/mol. The summed E-state index contributed by atoms with van der Waals surface area (Å²) in [6.07, 6.45) is 5.18. The number of piperidine rings is 1. The van der Waals surface area contributed by atoms with E-state index in [1.807, 2.05) is 17.8 Å². The van der Waals surface area contributed by atoms with E-state index < -0.39 is 9.84 Å². The van der Waals surface area contributed by atoms with E-state index in [2.05, 4.69) is 15.7 Å². The summed E-state index contributed by atoms with van der Waals surface area (Å²) < 4.78 is 24.9. The van der Waals surface area contributed by atoms with Crippen molar-refractivity contribution >= 4 is 28.2 Å². The molecule has 0 radical (unpaired) electrons. The number of nitrogens with zero attached hydrogens (tertiary/aromatic N) is 2. The predicted molar refractivity (Wildman–Crippen MR) is 106 cm³/mol. The van der Waals surface area contributed by atoms with Gasteiger partial charge in [0.2, 0.25) is 0 Å². The Hall–Kier alpha value is -1.90. The van der Waals surface area contributed by atoms with Crippen molar-refractivity contribution in [3.05, 3.63) is 47.8 Å². The normalized spacial score (nSPS) is 18.4. The third-order valence-electron chi connectivity index (χ3n) is 4.64. The van der Waals surface area contributed by atoms with Crippen LogP contribution in [0, 0.1) is 0 Å². The largest absolute Gasteiger partial charge is 0.344 e. The van der Waals surface area contributed by atoms with Crippen molar-refractivity contribution in [1.82, 2.24) is 20.4 Å². The molecule has 2 atom stereocenters. The lowest BCUT2D eigenvalue weighted by molar-refractivity contribution is 0.0933. The van der Waals surface area contributed by atoms with Crippen molar-refractivity contribution in [3.8, 4) is 0 Å². The molecule has 7 nitrogen and oxygen atoms in total. The van der Waals surface area contributed by atoms with E-state index in [9.17, 15) is 13.2 Å². The molecule has 148 valence electrons. The van der Waals surface area contributed by atoms with Crippen molar-refractivity contribution in [2.24, 2.45) is 0 Å². The second-order valence-corrected chi connectivity index (χ2v) is 8.73. The Bertz CT molecular complexity index is 874. The highest BCUT2D eigenvalue weighted by Crippen LogP contribution is 2.18. The molecule has 1 fully saturated rings. The van der Waals surface area contributed by atoms with Gasteiger partial charge in [0.25, 0.3) is 5.91 Å². The van der Waals surface area contributed by atoms with Gasteiger partial charge in [0, 0.05) is 19.0 Å². The topological polar surface area (TPSA) is 93.1 Å². The Kier molecular flexibility index (Phi) is 7.02. The molecule has 1 aliphatic rings. The van der Waals surface area contributed by atoms with Gasteiger partial charge < -0.3 is 10.6 Å². The van der Waals surface area contributed by atoms with Crippen LogP contribution in [-0.2, 0) is 9.84 Å². The molecule has 1 amide bonds. The molecule has 0 aliphatic carbocycles. The summed E-state index contributed by atoms with van der Waals surface area (Å²) in [5, 5.41) is 10.7. The molecule has 1 aromatic carbocycles. The molecule has 3 rings (SSSR count). The molecule has 2 unspecified atom stereocenters. The van der Waals surface area contributed by atoms with E-state index in [1.165, 1.54) is 6.26 Å². The van der Waals surface area contributed by atoms with E-state index in [0.717, 1.165) is 31.5 Å². The summed E-state index contributed by atoms with van der Waals surface area (Å²) in [6.45, 7) is 3.75. The second kappa shape index (κ2) is 8.86. The fourth-order valence-electron chi connectivity index (χ4n) is 3.08. The minimum atomic E-state index is -3.22. The number of halogens is 1. The van der Waals surface area contributed by atoms with Gasteiger partial charge in [0.05, 0.1) is 17.0 Å². The summed E-state index contributed by atoms with van der Waals surface area (Å²) in [7, 11) is -3.22. The van der Waals surface area contributed by atoms with Crippen LogP contribution in [0.4, 0.5) is 0 Å². The first kappa shape index (κ1) is 21.4. The zero-order valence-electron chi connectivity index (χ0n) is 15.4. The van der Waals surface area contributed by atoms with Crippen LogP contribution in [0.5, 0.6) is 0 Å². The highest BCUT2D eigenvalue weighted by molar-refractivity contribution is 7.90. The summed E-state index contributed by atoms with van der Waals surface area (Å²) in [6, 6.07) is 8.30. The molecule has 0 spiro atoms. The van der Waals surface area contributed by atoms with E-state index in [0.29, 0.717) is 5.69 Å². The molecule has 1 aromatic heterocycles. The van der Waals surface area contributed by atoms with Crippen LogP contribution in [0.2, 0.25) is 0 Å². The number of amides is 1. The first-order valence-electron chi connectivity index (χ1n) is 8.71. The highest BCUT2D eigenvalue weighted by Gasteiger charge is 2.19. The molecule has 2 heterocycles. The lowest BCUT2D eigenvalue weighted by Gasteiger charge is -2.22. The first-order chi connectivity index (χ1) is 12.3. The number of hydrogen-bond donors (Lipinski definition) is 2. The number of carbonyl (C=O) groups is 1. The number of rotatable bonds is 5. The van der Waals surface area contributed by atoms with Gasteiger partial charge in [-0.1, -0.05) is 12.1 Å². The van der Waals surface area contributed by atoms with E-state index in [4.69, 9.17) is 0 Å². The van der Waals surface area contributed by atoms with Gasteiger partial charge in [-0.15, -0.1) is 12.4 Å². The maximum absolute atomic E-state index is 12.5. The van der Waals surface area contributed by atoms with Gasteiger partial charge in [0.15, 0.2) is 9.84 Å². The van der Waals surface area contributed by atoms with Gasteiger partial charge in [-0.2, -0.15) is 5.10 Å². The lowest BCUT2D eigenvalue weighted by Crippen LogP contribution is -2.32. The Morgan fingerprint density at radius 2 is 2.00 bits per heavy atom. The van der Waals surface area contributed by atoms with Gasteiger partial charge in [-0.05, 0) is 50.1 Å². The molecule has 2 aromatic rings. The van der Waals surface area contributed by atoms with Crippen molar-refractivity contribution in [3.63, 3.8) is 0 Å². The van der Waals surface area contributed by atoms with Crippen molar-refractivity contribution < 1.29 is 13.2 Å². The number of aromatic nitrogens is 2. The molecule has 27 heavy (non-hydrogen) atoms. The zero-order valence-corrected chi connectivity index (χ0v) is 17.0. The third kappa shape index (κ3) is 5.31. The van der Waals surface area contributed by atoms with Gasteiger partial charge in [-0.25, -0.2) is 8.42 Å². The average Bonchev–Trinajstić information content (AvgIpc) is 3.12. The smallest absolute Gasteiger partial charge is 0.272 e. The minimum absolute atomic E-state index is 0. The van der Waals surface area contributed by atoms with Gasteiger partial charge in [0.1, 0.15) is 5.69 Å². The van der Waals surface area contributed by atoms with Crippen LogP contribution in [0.25, 0.3) is 0 Å². The molecular weight excluding hydrogens is 388 g/mol. The van der Waals surface area contributed by atoms with E-state index >= 15 is 0 Å². The van der Waals surface area contributed by atoms with Gasteiger partial charge >= 0.3 is 0 Å². The second-order valence-electron chi connectivity index (χ2n) is 6.72. The zero-order chi connectivity index (χ0) is 18.7. The first-order valence-corrected chi connectivity index (χ1v) is 10.6. The van der Waals surface area contributed by atoms with Crippen molar-refractivity contribution in [1.29, 1.82) is 0 Å². The Morgan fingerprint density at radius 3 is 2.59 bits per heavy atom. The fourth-order valence-corrected chi connectivity index (χ4v) is 3.71. The van der Waals surface area contributed by atoms with Crippen molar-refractivity contribution in [2.45, 2.75) is 36.7 Å². The third-order valence-corrected chi connectivity index (χ3v) is 5.77. The van der Waals surface area contributed by atoms with Crippen LogP contribution in [0.3, 0.4) is 0 Å². The molecule has 2 N–H and O–H groups in total. The maximum atomic E-state index is 12.5. The summed E-state index contributed by atoms with van der Waals surface area (Å²) >= 11 is 0. The lowest BCUT2D eigenvalue weighted by atomic mass is 10.1. The van der Waals surface area contributed by atoms with Crippen LogP contribution >= 0.6 is 12.4 Å². The van der Waals surface area contributed by atoms with Crippen LogP contribution < -0.4 is 10.6 Å². The van der Waals surface area contributed by atoms with Crippen LogP contribution in [-0.4, -0.2) is 43.5 Å². The van der Waals surface area contributed by atoms with Crippen molar-refractivity contribution in [2.75, 3.05) is 19.3 Å². The monoisotopic (exact) mass is 412 g/mol. The minimum Gasteiger partial charge on any atom is -0.344 e. The van der Waals surface area contributed by atoms with Crippen LogP contribution in [0.15, 0.2) is 41.4 Å². The fraction of sp³-hybridized carbons (Fsp3) is 0.444. The molecule has 1 aliphatic heterocycles. The Morgan fingerprint density at radius 1 is 1.30 bits per heavy atom. The number of hydrogen-bond acceptors (Lipinski definition) is 5. The SMILES string of the molecule is CC(NC(=O)c1ccn(C2CCCNC2)n1)c1ccc(S(C)(=O)=O)cc1.Cl. The maximum Gasteiger partial charge on any atom is 0.272 e. The number of nitrogens with one attached hydrogen (secondary N) is 2. The van der Waals surface area contributed by atoms with Gasteiger partial charge in [-0.3, -0.25) is 9.48 Å². The van der Waals surface area contributed by atoms with E-state index in [1.54, 1.807) is 30.3 Å². The number of carbonyl (C=O) groups excluding carboxylic acids is 1. The molecule has 0 saturated carbocycles. The summed E-state index contributed by atoms with van der Waals surface area (Å²) in [4.78, 5) is 12.7. The standard InChI is InChI=1S/C18H24N4O3S.ClH/c1-13(14-5-7-16(8-6-14)26(2,24)25)20-18(23)17-9-11-22(21-17)15-4-3-10-19-12-15;/h5-9,11,13,15,19H,3-4,10,12H2,1-2H3,(H,20,23);1H. The molecule has 1 saturated heterocycles.